The Balaban J connectivity index is 2.26. The molecule has 0 radical (unpaired) electrons. The normalized spacial score (nSPS) is 15.4. The van der Waals surface area contributed by atoms with E-state index in [1.807, 2.05) is 12.1 Å². The minimum atomic E-state index is 0.398. The van der Waals surface area contributed by atoms with Crippen LogP contribution in [0.1, 0.15) is 25.5 Å². The highest BCUT2D eigenvalue weighted by atomic mass is 35.5. The molecule has 3 nitrogen and oxygen atoms in total. The summed E-state index contributed by atoms with van der Waals surface area (Å²) in [5.41, 5.74) is 6.37. The first kappa shape index (κ1) is 10.7. The molecule has 0 saturated heterocycles. The zero-order valence-corrected chi connectivity index (χ0v) is 9.67. The number of anilines is 1. The first-order valence-corrected chi connectivity index (χ1v) is 5.76. The van der Waals surface area contributed by atoms with Gasteiger partial charge in [-0.2, -0.15) is 0 Å². The maximum atomic E-state index is 5.98. The van der Waals surface area contributed by atoms with Crippen molar-refractivity contribution >= 4 is 17.4 Å². The van der Waals surface area contributed by atoms with Crippen molar-refractivity contribution in [2.24, 2.45) is 5.73 Å². The van der Waals surface area contributed by atoms with E-state index in [2.05, 4.69) is 16.8 Å². The van der Waals surface area contributed by atoms with Gasteiger partial charge in [0.2, 0.25) is 0 Å². The summed E-state index contributed by atoms with van der Waals surface area (Å²) >= 11 is 5.98. The van der Waals surface area contributed by atoms with E-state index >= 15 is 0 Å². The summed E-state index contributed by atoms with van der Waals surface area (Å²) in [6.07, 6.45) is 2.55. The van der Waals surface area contributed by atoms with E-state index in [9.17, 15) is 0 Å². The van der Waals surface area contributed by atoms with Gasteiger partial charge < -0.3 is 10.6 Å². The first-order chi connectivity index (χ1) is 7.26. The molecule has 0 aromatic carbocycles. The van der Waals surface area contributed by atoms with Gasteiger partial charge in [0.15, 0.2) is 0 Å². The Morgan fingerprint density at radius 2 is 2.27 bits per heavy atom. The molecule has 0 aliphatic heterocycles. The molecular weight excluding hydrogens is 210 g/mol. The molecule has 1 aromatic rings. The monoisotopic (exact) mass is 225 g/mol. The van der Waals surface area contributed by atoms with Gasteiger partial charge in [0, 0.05) is 19.1 Å². The molecule has 1 heterocycles. The number of hydrogen-bond acceptors (Lipinski definition) is 3. The van der Waals surface area contributed by atoms with Crippen LogP contribution < -0.4 is 10.6 Å². The lowest BCUT2D eigenvalue weighted by atomic mass is 10.3. The van der Waals surface area contributed by atoms with Crippen LogP contribution in [0.4, 0.5) is 5.82 Å². The van der Waals surface area contributed by atoms with E-state index in [-0.39, 0.29) is 0 Å². The van der Waals surface area contributed by atoms with Gasteiger partial charge in [-0.3, -0.25) is 0 Å². The molecule has 2 N–H and O–H groups in total. The molecule has 1 fully saturated rings. The summed E-state index contributed by atoms with van der Waals surface area (Å²) in [5.74, 6) is 1.00. The lowest BCUT2D eigenvalue weighted by molar-refractivity contribution is 0.800. The van der Waals surface area contributed by atoms with Crippen LogP contribution in [0.25, 0.3) is 0 Å². The summed E-state index contributed by atoms with van der Waals surface area (Å²) in [5, 5.41) is 0.660. The number of hydrogen-bond donors (Lipinski definition) is 1. The SMILES string of the molecule is CCN(c1ccc(Cl)c(CN)n1)C1CC1. The molecule has 1 saturated carbocycles. The standard InChI is InChI=1S/C11H16ClN3/c1-2-15(8-3-4-8)11-6-5-9(12)10(7-13)14-11/h5-6,8H,2-4,7,13H2,1H3. The molecule has 82 valence electrons. The van der Waals surface area contributed by atoms with Gasteiger partial charge in [-0.05, 0) is 31.9 Å². The van der Waals surface area contributed by atoms with E-state index < -0.39 is 0 Å². The lowest BCUT2D eigenvalue weighted by Crippen LogP contribution is -2.26. The fraction of sp³-hybridized carbons (Fsp3) is 0.545. The van der Waals surface area contributed by atoms with Crippen LogP contribution in [0.3, 0.4) is 0 Å². The highest BCUT2D eigenvalue weighted by Crippen LogP contribution is 2.31. The van der Waals surface area contributed by atoms with Crippen molar-refractivity contribution in [3.8, 4) is 0 Å². The molecule has 1 aromatic heterocycles. The Labute approximate surface area is 95.2 Å². The predicted octanol–water partition coefficient (Wildman–Crippen LogP) is 2.18. The van der Waals surface area contributed by atoms with Crippen molar-refractivity contribution in [1.29, 1.82) is 0 Å². The van der Waals surface area contributed by atoms with Crippen molar-refractivity contribution in [3.63, 3.8) is 0 Å². The van der Waals surface area contributed by atoms with Crippen molar-refractivity contribution in [3.05, 3.63) is 22.8 Å². The Bertz CT molecular complexity index is 350. The van der Waals surface area contributed by atoms with Crippen molar-refractivity contribution < 1.29 is 0 Å². The van der Waals surface area contributed by atoms with Crippen molar-refractivity contribution in [1.82, 2.24) is 4.98 Å². The van der Waals surface area contributed by atoms with Crippen molar-refractivity contribution in [2.75, 3.05) is 11.4 Å². The molecule has 1 aliphatic rings. The van der Waals surface area contributed by atoms with Crippen LogP contribution >= 0.6 is 11.6 Å². The maximum absolute atomic E-state index is 5.98. The second kappa shape index (κ2) is 4.37. The molecule has 0 unspecified atom stereocenters. The van der Waals surface area contributed by atoms with Gasteiger partial charge in [-0.15, -0.1) is 0 Å². The zero-order valence-electron chi connectivity index (χ0n) is 8.91. The van der Waals surface area contributed by atoms with Gasteiger partial charge in [-0.1, -0.05) is 11.6 Å². The molecule has 1 aliphatic carbocycles. The third-order valence-corrected chi connectivity index (χ3v) is 3.06. The Hall–Kier alpha value is -0.800. The smallest absolute Gasteiger partial charge is 0.129 e. The Morgan fingerprint density at radius 1 is 1.53 bits per heavy atom. The molecule has 0 amide bonds. The summed E-state index contributed by atoms with van der Waals surface area (Å²) in [4.78, 5) is 6.81. The molecule has 2 rings (SSSR count). The highest BCUT2D eigenvalue weighted by Gasteiger charge is 2.28. The minimum Gasteiger partial charge on any atom is -0.354 e. The molecular formula is C11H16ClN3. The van der Waals surface area contributed by atoms with Crippen LogP contribution in [0.2, 0.25) is 5.02 Å². The van der Waals surface area contributed by atoms with Gasteiger partial charge in [0.25, 0.3) is 0 Å². The average molecular weight is 226 g/mol. The van der Waals surface area contributed by atoms with Gasteiger partial charge in [0.05, 0.1) is 10.7 Å². The third kappa shape index (κ3) is 2.24. The minimum absolute atomic E-state index is 0.398. The van der Waals surface area contributed by atoms with Gasteiger partial charge in [-0.25, -0.2) is 4.98 Å². The molecule has 15 heavy (non-hydrogen) atoms. The maximum Gasteiger partial charge on any atom is 0.129 e. The average Bonchev–Trinajstić information content (AvgIpc) is 3.06. The van der Waals surface area contributed by atoms with E-state index in [4.69, 9.17) is 17.3 Å². The van der Waals surface area contributed by atoms with Crippen LogP contribution in [0, 0.1) is 0 Å². The number of rotatable bonds is 4. The van der Waals surface area contributed by atoms with Crippen LogP contribution in [-0.4, -0.2) is 17.6 Å². The number of halogens is 1. The Kier molecular flexibility index (Phi) is 3.12. The molecule has 0 spiro atoms. The van der Waals surface area contributed by atoms with Gasteiger partial charge in [0.1, 0.15) is 5.82 Å². The third-order valence-electron chi connectivity index (χ3n) is 2.72. The van der Waals surface area contributed by atoms with E-state index in [0.717, 1.165) is 18.1 Å². The first-order valence-electron chi connectivity index (χ1n) is 5.38. The fourth-order valence-corrected chi connectivity index (χ4v) is 1.95. The molecule has 0 bridgehead atoms. The summed E-state index contributed by atoms with van der Waals surface area (Å²) in [7, 11) is 0. The van der Waals surface area contributed by atoms with E-state index in [1.54, 1.807) is 0 Å². The van der Waals surface area contributed by atoms with Gasteiger partial charge >= 0.3 is 0 Å². The Morgan fingerprint density at radius 3 is 2.80 bits per heavy atom. The number of nitrogens with two attached hydrogens (primary N) is 1. The predicted molar refractivity (Wildman–Crippen MR) is 63.2 cm³/mol. The highest BCUT2D eigenvalue weighted by molar-refractivity contribution is 6.31. The number of aromatic nitrogens is 1. The number of nitrogens with zero attached hydrogens (tertiary/aromatic N) is 2. The van der Waals surface area contributed by atoms with Crippen LogP contribution in [0.15, 0.2) is 12.1 Å². The second-order valence-corrected chi connectivity index (χ2v) is 4.23. The molecule has 0 atom stereocenters. The second-order valence-electron chi connectivity index (χ2n) is 3.82. The quantitative estimate of drug-likeness (QED) is 0.854. The topological polar surface area (TPSA) is 42.1 Å². The van der Waals surface area contributed by atoms with Crippen molar-refractivity contribution in [2.45, 2.75) is 32.4 Å². The molecule has 4 heteroatoms. The van der Waals surface area contributed by atoms with E-state index in [0.29, 0.717) is 17.6 Å². The van der Waals surface area contributed by atoms with E-state index in [1.165, 1.54) is 12.8 Å². The largest absolute Gasteiger partial charge is 0.354 e. The van der Waals surface area contributed by atoms with Crippen LogP contribution in [-0.2, 0) is 6.54 Å². The summed E-state index contributed by atoms with van der Waals surface area (Å²) < 4.78 is 0. The number of pyridine rings is 1. The summed E-state index contributed by atoms with van der Waals surface area (Å²) in [6.45, 7) is 3.54. The lowest BCUT2D eigenvalue weighted by Gasteiger charge is -2.22. The summed E-state index contributed by atoms with van der Waals surface area (Å²) in [6, 6.07) is 4.54. The zero-order chi connectivity index (χ0) is 10.8. The van der Waals surface area contributed by atoms with Crippen LogP contribution in [0.5, 0.6) is 0 Å². The fourth-order valence-electron chi connectivity index (χ4n) is 1.77.